The Morgan fingerprint density at radius 3 is 2.00 bits per heavy atom. The number of ether oxygens (including phenoxy) is 1. The van der Waals surface area contributed by atoms with E-state index < -0.39 is 5.60 Å². The molecule has 0 atom stereocenters. The van der Waals surface area contributed by atoms with Gasteiger partial charge in [-0.05, 0) is 32.4 Å². The third kappa shape index (κ3) is 3.69. The molecule has 1 aromatic carbocycles. The zero-order valence-corrected chi connectivity index (χ0v) is 11.4. The van der Waals surface area contributed by atoms with Gasteiger partial charge in [-0.3, -0.25) is 4.79 Å². The predicted octanol–water partition coefficient (Wildman–Crippen LogP) is 3.62. The molecule has 0 saturated heterocycles. The fraction of sp³-hybridized carbons (Fsp3) is 0.467. The van der Waals surface area contributed by atoms with Crippen LogP contribution in [0.1, 0.15) is 61.3 Å². The average Bonchev–Trinajstić information content (AvgIpc) is 2.37. The van der Waals surface area contributed by atoms with Crippen LogP contribution in [-0.2, 0) is 4.74 Å². The van der Waals surface area contributed by atoms with E-state index in [9.17, 15) is 9.59 Å². The van der Waals surface area contributed by atoms with Crippen LogP contribution in [0.2, 0.25) is 0 Å². The average molecular weight is 248 g/mol. The lowest BCUT2D eigenvalue weighted by atomic mass is 10.1. The summed E-state index contributed by atoms with van der Waals surface area (Å²) >= 11 is 0. The van der Waals surface area contributed by atoms with Crippen molar-refractivity contribution in [3.05, 3.63) is 35.4 Å². The van der Waals surface area contributed by atoms with Gasteiger partial charge in [-0.1, -0.05) is 26.0 Å². The van der Waals surface area contributed by atoms with Crippen LogP contribution in [0, 0.1) is 0 Å². The summed E-state index contributed by atoms with van der Waals surface area (Å²) in [6, 6.07) is 6.61. The van der Waals surface area contributed by atoms with Gasteiger partial charge in [-0.25, -0.2) is 4.79 Å². The van der Waals surface area contributed by atoms with E-state index in [1.165, 1.54) is 0 Å². The molecule has 0 saturated carbocycles. The van der Waals surface area contributed by atoms with Crippen molar-refractivity contribution < 1.29 is 14.3 Å². The highest BCUT2D eigenvalue weighted by atomic mass is 16.6. The molecule has 0 aliphatic carbocycles. The molecule has 0 aliphatic heterocycles. The molecule has 1 aromatic rings. The van der Waals surface area contributed by atoms with Crippen molar-refractivity contribution in [3.8, 4) is 0 Å². The van der Waals surface area contributed by atoms with Gasteiger partial charge in [0, 0.05) is 12.0 Å². The standard InChI is InChI=1S/C15H20O3/c1-5-13(16)11-7-9-12(10-8-11)14(17)18-15(3,4)6-2/h7-10H,5-6H2,1-4H3. The smallest absolute Gasteiger partial charge is 0.338 e. The SMILES string of the molecule is CCC(=O)c1ccc(C(=O)OC(C)(C)CC)cc1. The van der Waals surface area contributed by atoms with E-state index in [1.807, 2.05) is 27.7 Å². The van der Waals surface area contributed by atoms with Crippen LogP contribution >= 0.6 is 0 Å². The van der Waals surface area contributed by atoms with E-state index in [1.54, 1.807) is 24.3 Å². The summed E-state index contributed by atoms with van der Waals surface area (Å²) in [6.45, 7) is 7.53. The lowest BCUT2D eigenvalue weighted by molar-refractivity contribution is -0.00244. The van der Waals surface area contributed by atoms with Crippen molar-refractivity contribution in [3.63, 3.8) is 0 Å². The molecule has 0 aliphatic rings. The minimum Gasteiger partial charge on any atom is -0.456 e. The molecule has 18 heavy (non-hydrogen) atoms. The number of esters is 1. The first kappa shape index (κ1) is 14.4. The van der Waals surface area contributed by atoms with Crippen LogP contribution in [0.3, 0.4) is 0 Å². The summed E-state index contributed by atoms with van der Waals surface area (Å²) < 4.78 is 5.38. The van der Waals surface area contributed by atoms with Crippen LogP contribution in [0.15, 0.2) is 24.3 Å². The first-order chi connectivity index (χ1) is 8.39. The van der Waals surface area contributed by atoms with E-state index in [0.717, 1.165) is 6.42 Å². The number of benzene rings is 1. The maximum Gasteiger partial charge on any atom is 0.338 e. The number of hydrogen-bond acceptors (Lipinski definition) is 3. The zero-order valence-electron chi connectivity index (χ0n) is 11.4. The first-order valence-corrected chi connectivity index (χ1v) is 6.26. The van der Waals surface area contributed by atoms with Crippen molar-refractivity contribution in [1.29, 1.82) is 0 Å². The Labute approximate surface area is 108 Å². The fourth-order valence-corrected chi connectivity index (χ4v) is 1.38. The van der Waals surface area contributed by atoms with E-state index in [2.05, 4.69) is 0 Å². The molecule has 0 bridgehead atoms. The summed E-state index contributed by atoms with van der Waals surface area (Å²) in [7, 11) is 0. The van der Waals surface area contributed by atoms with Gasteiger partial charge in [0.2, 0.25) is 0 Å². The Balaban J connectivity index is 2.80. The molecule has 0 radical (unpaired) electrons. The highest BCUT2D eigenvalue weighted by Gasteiger charge is 2.21. The molecule has 0 amide bonds. The van der Waals surface area contributed by atoms with Gasteiger partial charge in [0.15, 0.2) is 5.78 Å². The molecule has 0 unspecified atom stereocenters. The Morgan fingerprint density at radius 2 is 1.56 bits per heavy atom. The van der Waals surface area contributed by atoms with Gasteiger partial charge in [0.05, 0.1) is 5.56 Å². The largest absolute Gasteiger partial charge is 0.456 e. The van der Waals surface area contributed by atoms with E-state index in [4.69, 9.17) is 4.74 Å². The Hall–Kier alpha value is -1.64. The Bertz CT molecular complexity index is 430. The van der Waals surface area contributed by atoms with Gasteiger partial charge in [0.25, 0.3) is 0 Å². The fourth-order valence-electron chi connectivity index (χ4n) is 1.38. The van der Waals surface area contributed by atoms with Gasteiger partial charge in [-0.2, -0.15) is 0 Å². The van der Waals surface area contributed by atoms with Crippen molar-refractivity contribution in [2.75, 3.05) is 0 Å². The number of carbonyl (C=O) groups excluding carboxylic acids is 2. The summed E-state index contributed by atoms with van der Waals surface area (Å²) in [5.41, 5.74) is 0.641. The number of ketones is 1. The minimum atomic E-state index is -0.463. The lowest BCUT2D eigenvalue weighted by Gasteiger charge is -2.23. The molecule has 0 N–H and O–H groups in total. The summed E-state index contributed by atoms with van der Waals surface area (Å²) in [5.74, 6) is -0.277. The molecule has 0 aromatic heterocycles. The maximum atomic E-state index is 11.9. The van der Waals surface area contributed by atoms with E-state index >= 15 is 0 Å². The molecule has 98 valence electrons. The number of hydrogen-bond donors (Lipinski definition) is 0. The maximum absolute atomic E-state index is 11.9. The molecule has 3 nitrogen and oxygen atoms in total. The summed E-state index contributed by atoms with van der Waals surface area (Å²) in [6.07, 6.45) is 1.22. The molecule has 0 heterocycles. The van der Waals surface area contributed by atoms with E-state index in [-0.39, 0.29) is 11.8 Å². The normalized spacial score (nSPS) is 11.1. The van der Waals surface area contributed by atoms with Crippen molar-refractivity contribution >= 4 is 11.8 Å². The van der Waals surface area contributed by atoms with Gasteiger partial charge >= 0.3 is 5.97 Å². The van der Waals surface area contributed by atoms with Crippen LogP contribution < -0.4 is 0 Å². The predicted molar refractivity (Wildman–Crippen MR) is 70.8 cm³/mol. The summed E-state index contributed by atoms with van der Waals surface area (Å²) in [5, 5.41) is 0. The van der Waals surface area contributed by atoms with Crippen molar-refractivity contribution in [1.82, 2.24) is 0 Å². The molecule has 3 heteroatoms. The third-order valence-electron chi connectivity index (χ3n) is 2.98. The highest BCUT2D eigenvalue weighted by Crippen LogP contribution is 2.17. The second-order valence-corrected chi connectivity index (χ2v) is 4.86. The minimum absolute atomic E-state index is 0.0730. The Morgan fingerprint density at radius 1 is 1.06 bits per heavy atom. The lowest BCUT2D eigenvalue weighted by Crippen LogP contribution is -2.27. The van der Waals surface area contributed by atoms with Gasteiger partial charge in [0.1, 0.15) is 5.60 Å². The molecular formula is C15H20O3. The van der Waals surface area contributed by atoms with Crippen LogP contribution in [0.5, 0.6) is 0 Å². The summed E-state index contributed by atoms with van der Waals surface area (Å²) in [4.78, 5) is 23.3. The Kier molecular flexibility index (Phi) is 4.65. The monoisotopic (exact) mass is 248 g/mol. The number of carbonyl (C=O) groups is 2. The van der Waals surface area contributed by atoms with Crippen molar-refractivity contribution in [2.45, 2.75) is 46.1 Å². The molecule has 0 fully saturated rings. The van der Waals surface area contributed by atoms with Crippen molar-refractivity contribution in [2.24, 2.45) is 0 Å². The van der Waals surface area contributed by atoms with Gasteiger partial charge in [-0.15, -0.1) is 0 Å². The number of rotatable bonds is 5. The third-order valence-corrected chi connectivity index (χ3v) is 2.98. The van der Waals surface area contributed by atoms with Crippen LogP contribution in [0.25, 0.3) is 0 Å². The first-order valence-electron chi connectivity index (χ1n) is 6.26. The highest BCUT2D eigenvalue weighted by molar-refractivity contribution is 5.97. The molecule has 1 rings (SSSR count). The second kappa shape index (κ2) is 5.80. The number of Topliss-reactive ketones (excluding diaryl/α,β-unsaturated/α-hetero) is 1. The van der Waals surface area contributed by atoms with E-state index in [0.29, 0.717) is 17.5 Å². The second-order valence-electron chi connectivity index (χ2n) is 4.86. The van der Waals surface area contributed by atoms with Crippen LogP contribution in [0.4, 0.5) is 0 Å². The molecule has 0 spiro atoms. The van der Waals surface area contributed by atoms with Gasteiger partial charge < -0.3 is 4.74 Å². The quantitative estimate of drug-likeness (QED) is 0.590. The topological polar surface area (TPSA) is 43.4 Å². The van der Waals surface area contributed by atoms with Crippen LogP contribution in [-0.4, -0.2) is 17.4 Å². The molecular weight excluding hydrogens is 228 g/mol. The zero-order chi connectivity index (χ0) is 13.8.